The van der Waals surface area contributed by atoms with Crippen LogP contribution in [0.25, 0.3) is 0 Å². The Balaban J connectivity index is 2.27. The van der Waals surface area contributed by atoms with Crippen LogP contribution in [0.5, 0.6) is 0 Å². The van der Waals surface area contributed by atoms with Gasteiger partial charge in [-0.1, -0.05) is 17.7 Å². The van der Waals surface area contributed by atoms with Crippen LogP contribution in [-0.2, 0) is 6.42 Å². The lowest BCUT2D eigenvalue weighted by Crippen LogP contribution is -2.55. The highest BCUT2D eigenvalue weighted by Gasteiger charge is 2.32. The number of amidine groups is 1. The van der Waals surface area contributed by atoms with Crippen molar-refractivity contribution in [3.8, 4) is 0 Å². The molecular formula is C12H14ClN5O2. The number of rotatable bonds is 3. The Morgan fingerprint density at radius 2 is 2.25 bits per heavy atom. The quantitative estimate of drug-likeness (QED) is 0.565. The zero-order valence-corrected chi connectivity index (χ0v) is 11.5. The predicted octanol–water partition coefficient (Wildman–Crippen LogP) is 0.882. The lowest BCUT2D eigenvalue weighted by Gasteiger charge is -2.29. The van der Waals surface area contributed by atoms with E-state index in [1.165, 1.54) is 6.20 Å². The van der Waals surface area contributed by atoms with Crippen LogP contribution in [0.2, 0.25) is 5.02 Å². The van der Waals surface area contributed by atoms with Crippen molar-refractivity contribution < 1.29 is 4.92 Å². The van der Waals surface area contributed by atoms with E-state index in [-0.39, 0.29) is 11.5 Å². The molecule has 1 aliphatic rings. The SMILES string of the molecule is Cc1ccc(Cl)cc1CC1(N)N=C(N)C([N+](=O)[O-])=CN1. The Morgan fingerprint density at radius 1 is 1.55 bits per heavy atom. The first-order valence-corrected chi connectivity index (χ1v) is 6.20. The number of nitrogens with two attached hydrogens (primary N) is 2. The number of hydrogen-bond acceptors (Lipinski definition) is 6. The van der Waals surface area contributed by atoms with E-state index in [4.69, 9.17) is 23.1 Å². The van der Waals surface area contributed by atoms with Gasteiger partial charge in [0.25, 0.3) is 0 Å². The van der Waals surface area contributed by atoms with Crippen molar-refractivity contribution in [3.05, 3.63) is 56.4 Å². The maximum Gasteiger partial charge on any atom is 0.326 e. The van der Waals surface area contributed by atoms with E-state index in [9.17, 15) is 10.1 Å². The summed E-state index contributed by atoms with van der Waals surface area (Å²) < 4.78 is 0. The predicted molar refractivity (Wildman–Crippen MR) is 76.6 cm³/mol. The van der Waals surface area contributed by atoms with E-state index in [1.54, 1.807) is 12.1 Å². The highest BCUT2D eigenvalue weighted by atomic mass is 35.5. The van der Waals surface area contributed by atoms with Gasteiger partial charge in [0.05, 0.1) is 11.1 Å². The van der Waals surface area contributed by atoms with E-state index < -0.39 is 10.7 Å². The van der Waals surface area contributed by atoms with E-state index in [1.807, 2.05) is 13.0 Å². The lowest BCUT2D eigenvalue weighted by atomic mass is 10.0. The van der Waals surface area contributed by atoms with E-state index in [0.717, 1.165) is 11.1 Å². The number of halogens is 1. The number of hydrogen-bond donors (Lipinski definition) is 3. The van der Waals surface area contributed by atoms with Gasteiger partial charge in [-0.3, -0.25) is 15.8 Å². The number of nitro groups is 1. The summed E-state index contributed by atoms with van der Waals surface area (Å²) in [7, 11) is 0. The Kier molecular flexibility index (Phi) is 3.65. The van der Waals surface area contributed by atoms with Crippen LogP contribution in [-0.4, -0.2) is 16.5 Å². The molecule has 106 valence electrons. The molecule has 0 aromatic heterocycles. The average Bonchev–Trinajstić information content (AvgIpc) is 2.33. The number of nitrogens with one attached hydrogen (secondary N) is 1. The molecule has 0 radical (unpaired) electrons. The van der Waals surface area contributed by atoms with E-state index >= 15 is 0 Å². The fourth-order valence-electron chi connectivity index (χ4n) is 1.93. The average molecular weight is 296 g/mol. The molecule has 5 N–H and O–H groups in total. The van der Waals surface area contributed by atoms with Crippen molar-refractivity contribution in [3.63, 3.8) is 0 Å². The minimum atomic E-state index is -1.22. The van der Waals surface area contributed by atoms with Gasteiger partial charge in [-0.05, 0) is 30.2 Å². The second-order valence-corrected chi connectivity index (χ2v) is 5.04. The summed E-state index contributed by atoms with van der Waals surface area (Å²) >= 11 is 5.95. The monoisotopic (exact) mass is 295 g/mol. The van der Waals surface area contributed by atoms with Crippen LogP contribution >= 0.6 is 11.6 Å². The molecule has 0 bridgehead atoms. The van der Waals surface area contributed by atoms with Crippen LogP contribution in [0.15, 0.2) is 35.1 Å². The van der Waals surface area contributed by atoms with Crippen molar-refractivity contribution in [2.45, 2.75) is 19.1 Å². The Labute approximate surface area is 120 Å². The molecule has 0 saturated heterocycles. The molecule has 7 nitrogen and oxygen atoms in total. The first kappa shape index (κ1) is 14.3. The lowest BCUT2D eigenvalue weighted by molar-refractivity contribution is -0.416. The Bertz CT molecular complexity index is 628. The van der Waals surface area contributed by atoms with Crippen LogP contribution in [0.3, 0.4) is 0 Å². The van der Waals surface area contributed by atoms with Crippen LogP contribution in [0.1, 0.15) is 11.1 Å². The number of aliphatic imine (C=N–C) groups is 1. The third-order valence-electron chi connectivity index (χ3n) is 3.01. The van der Waals surface area contributed by atoms with Gasteiger partial charge < -0.3 is 11.1 Å². The third-order valence-corrected chi connectivity index (χ3v) is 3.24. The molecular weight excluding hydrogens is 282 g/mol. The van der Waals surface area contributed by atoms with Gasteiger partial charge in [-0.2, -0.15) is 0 Å². The number of benzene rings is 1. The summed E-state index contributed by atoms with van der Waals surface area (Å²) in [6, 6.07) is 5.43. The highest BCUT2D eigenvalue weighted by molar-refractivity contribution is 6.30. The highest BCUT2D eigenvalue weighted by Crippen LogP contribution is 2.21. The molecule has 0 amide bonds. The summed E-state index contributed by atoms with van der Waals surface area (Å²) in [5.74, 6) is -1.42. The maximum atomic E-state index is 10.7. The largest absolute Gasteiger partial charge is 0.378 e. The Morgan fingerprint density at radius 3 is 2.85 bits per heavy atom. The van der Waals surface area contributed by atoms with Gasteiger partial charge in [0.15, 0.2) is 5.79 Å². The standard InChI is InChI=1S/C12H14ClN5O2/c1-7-2-3-9(13)4-8(7)5-12(15)16-6-10(18(19)20)11(14)17-12/h2-4,6,16H,5,15H2,1H3,(H2,14,17). The normalized spacial score (nSPS) is 21.8. The zero-order valence-electron chi connectivity index (χ0n) is 10.8. The first-order chi connectivity index (χ1) is 9.31. The number of nitrogens with zero attached hydrogens (tertiary/aromatic N) is 2. The minimum Gasteiger partial charge on any atom is -0.378 e. The second kappa shape index (κ2) is 5.10. The van der Waals surface area contributed by atoms with E-state index in [2.05, 4.69) is 10.3 Å². The van der Waals surface area contributed by atoms with Crippen molar-refractivity contribution in [2.24, 2.45) is 16.5 Å². The summed E-state index contributed by atoms with van der Waals surface area (Å²) in [4.78, 5) is 14.1. The molecule has 2 rings (SSSR count). The van der Waals surface area contributed by atoms with E-state index in [0.29, 0.717) is 11.4 Å². The molecule has 1 aliphatic heterocycles. The van der Waals surface area contributed by atoms with Gasteiger partial charge in [0, 0.05) is 11.4 Å². The van der Waals surface area contributed by atoms with Gasteiger partial charge in [0.2, 0.25) is 5.84 Å². The smallest absolute Gasteiger partial charge is 0.326 e. The summed E-state index contributed by atoms with van der Waals surface area (Å²) in [5, 5.41) is 14.0. The minimum absolute atomic E-state index is 0.198. The van der Waals surface area contributed by atoms with Gasteiger partial charge in [-0.15, -0.1) is 0 Å². The van der Waals surface area contributed by atoms with Crippen molar-refractivity contribution >= 4 is 17.4 Å². The molecule has 0 spiro atoms. The van der Waals surface area contributed by atoms with Gasteiger partial charge >= 0.3 is 5.70 Å². The van der Waals surface area contributed by atoms with Crippen molar-refractivity contribution in [1.29, 1.82) is 0 Å². The van der Waals surface area contributed by atoms with Crippen LogP contribution < -0.4 is 16.8 Å². The number of aryl methyl sites for hydroxylation is 1. The molecule has 0 aliphatic carbocycles. The van der Waals surface area contributed by atoms with Gasteiger partial charge in [0.1, 0.15) is 0 Å². The van der Waals surface area contributed by atoms with Crippen LogP contribution in [0, 0.1) is 17.0 Å². The molecule has 0 saturated carbocycles. The molecule has 1 atom stereocenters. The second-order valence-electron chi connectivity index (χ2n) is 4.60. The zero-order chi connectivity index (χ0) is 14.9. The summed E-state index contributed by atoms with van der Waals surface area (Å²) in [6.45, 7) is 1.92. The van der Waals surface area contributed by atoms with Crippen molar-refractivity contribution in [1.82, 2.24) is 5.32 Å². The molecule has 20 heavy (non-hydrogen) atoms. The Hall–Kier alpha value is -2.12. The molecule has 1 unspecified atom stereocenters. The molecule has 8 heteroatoms. The summed E-state index contributed by atoms with van der Waals surface area (Å²) in [6.07, 6.45) is 1.48. The topological polar surface area (TPSA) is 120 Å². The molecule has 0 fully saturated rings. The third kappa shape index (κ3) is 2.89. The van der Waals surface area contributed by atoms with Gasteiger partial charge in [-0.25, -0.2) is 4.99 Å². The fraction of sp³-hybridized carbons (Fsp3) is 0.250. The molecule has 1 aromatic rings. The molecule has 1 heterocycles. The first-order valence-electron chi connectivity index (χ1n) is 5.82. The maximum absolute atomic E-state index is 10.7. The van der Waals surface area contributed by atoms with Crippen LogP contribution in [0.4, 0.5) is 0 Å². The molecule has 1 aromatic carbocycles. The fourth-order valence-corrected chi connectivity index (χ4v) is 2.12. The van der Waals surface area contributed by atoms with Crippen molar-refractivity contribution in [2.75, 3.05) is 0 Å². The summed E-state index contributed by atoms with van der Waals surface area (Å²) in [5.41, 5.74) is 13.2.